The number of nitrogens with zero attached hydrogens (tertiary/aromatic N) is 7. The Kier molecular flexibility index (Phi) is 7.37. The summed E-state index contributed by atoms with van der Waals surface area (Å²) in [7, 11) is 3.90. The molecule has 4 heterocycles. The van der Waals surface area contributed by atoms with Crippen LogP contribution in [-0.4, -0.2) is 80.9 Å². The number of anilines is 2. The molecule has 0 unspecified atom stereocenters. The van der Waals surface area contributed by atoms with Crippen molar-refractivity contribution < 1.29 is 4.74 Å². The van der Waals surface area contributed by atoms with Gasteiger partial charge < -0.3 is 20.7 Å². The molecular weight excluding hydrogens is 510 g/mol. The third kappa shape index (κ3) is 5.30. The minimum Gasteiger partial charge on any atom is -0.495 e. The molecule has 1 saturated carbocycles. The summed E-state index contributed by atoms with van der Waals surface area (Å²) in [4.78, 5) is 18.6. The summed E-state index contributed by atoms with van der Waals surface area (Å²) in [6, 6.07) is 7.05. The molecule has 1 aliphatic carbocycles. The summed E-state index contributed by atoms with van der Waals surface area (Å²) < 4.78 is 7.86. The number of benzene rings is 1. The zero-order valence-electron chi connectivity index (χ0n) is 22.9. The first-order valence-electron chi connectivity index (χ1n) is 13.7. The Bertz CT molecular complexity index is 1430. The van der Waals surface area contributed by atoms with Gasteiger partial charge in [-0.15, -0.1) is 11.3 Å². The first-order chi connectivity index (χ1) is 19.0. The monoisotopic (exact) mass is 547 g/mol. The third-order valence-corrected chi connectivity index (χ3v) is 9.01. The first kappa shape index (κ1) is 26.0. The average molecular weight is 548 g/mol. The van der Waals surface area contributed by atoms with Crippen molar-refractivity contribution >= 4 is 33.9 Å². The summed E-state index contributed by atoms with van der Waals surface area (Å²) in [6.07, 6.45) is 6.07. The summed E-state index contributed by atoms with van der Waals surface area (Å²) >= 11 is 1.65. The highest BCUT2D eigenvalue weighted by Crippen LogP contribution is 2.39. The second kappa shape index (κ2) is 11.1. The van der Waals surface area contributed by atoms with Gasteiger partial charge in [0.25, 0.3) is 0 Å². The minimum atomic E-state index is 0.295. The number of nitrogens with one attached hydrogen (secondary N) is 1. The molecular formula is C28H37N9OS. The Morgan fingerprint density at radius 3 is 2.56 bits per heavy atom. The molecule has 1 aliphatic heterocycles. The van der Waals surface area contributed by atoms with Gasteiger partial charge in [-0.2, -0.15) is 5.10 Å². The van der Waals surface area contributed by atoms with Gasteiger partial charge in [0.15, 0.2) is 5.65 Å². The number of hydrogen-bond donors (Lipinski definition) is 2. The molecule has 2 aliphatic rings. The second-order valence-electron chi connectivity index (χ2n) is 10.7. The van der Waals surface area contributed by atoms with E-state index in [0.717, 1.165) is 70.4 Å². The predicted molar refractivity (Wildman–Crippen MR) is 156 cm³/mol. The predicted octanol–water partition coefficient (Wildman–Crippen LogP) is 4.19. The summed E-state index contributed by atoms with van der Waals surface area (Å²) in [6.45, 7) is 7.30. The molecule has 0 spiro atoms. The van der Waals surface area contributed by atoms with Crippen molar-refractivity contribution in [2.24, 2.45) is 0 Å². The van der Waals surface area contributed by atoms with Gasteiger partial charge in [0.2, 0.25) is 0 Å². The SMILES string of the molecule is COc1cc(-c2nn(C3CCC(N4CCN(C)CC4)CC3)c3ncnc(N)c23)ccc1NCc1csc(C)n1. The maximum Gasteiger partial charge on any atom is 0.164 e. The molecule has 1 aromatic carbocycles. The van der Waals surface area contributed by atoms with Gasteiger partial charge in [-0.25, -0.2) is 19.6 Å². The van der Waals surface area contributed by atoms with Crippen molar-refractivity contribution in [3.05, 3.63) is 40.6 Å². The van der Waals surface area contributed by atoms with Crippen molar-refractivity contribution in [3.8, 4) is 17.0 Å². The van der Waals surface area contributed by atoms with E-state index in [1.165, 1.54) is 25.9 Å². The molecule has 6 rings (SSSR count). The highest BCUT2D eigenvalue weighted by molar-refractivity contribution is 7.09. The van der Waals surface area contributed by atoms with E-state index < -0.39 is 0 Å². The van der Waals surface area contributed by atoms with Crippen LogP contribution in [0, 0.1) is 6.92 Å². The van der Waals surface area contributed by atoms with Gasteiger partial charge in [0, 0.05) is 43.2 Å². The molecule has 3 N–H and O–H groups in total. The molecule has 3 aromatic heterocycles. The lowest BCUT2D eigenvalue weighted by atomic mass is 9.90. The zero-order chi connectivity index (χ0) is 26.9. The number of aryl methyl sites for hydroxylation is 1. The van der Waals surface area contributed by atoms with Crippen molar-refractivity contribution in [2.75, 3.05) is 51.4 Å². The van der Waals surface area contributed by atoms with Crippen LogP contribution in [0.4, 0.5) is 11.5 Å². The zero-order valence-corrected chi connectivity index (χ0v) is 23.7. The number of nitrogens with two attached hydrogens (primary N) is 1. The van der Waals surface area contributed by atoms with Crippen LogP contribution in [0.1, 0.15) is 42.4 Å². The van der Waals surface area contributed by atoms with E-state index in [1.807, 2.05) is 19.1 Å². The molecule has 0 radical (unpaired) electrons. The van der Waals surface area contributed by atoms with Crippen LogP contribution in [0.15, 0.2) is 29.9 Å². The summed E-state index contributed by atoms with van der Waals surface area (Å²) in [5.41, 5.74) is 10.9. The molecule has 2 fully saturated rings. The molecule has 11 heteroatoms. The van der Waals surface area contributed by atoms with E-state index in [-0.39, 0.29) is 0 Å². The van der Waals surface area contributed by atoms with Gasteiger partial charge >= 0.3 is 0 Å². The Balaban J connectivity index is 1.25. The van der Waals surface area contributed by atoms with Crippen LogP contribution in [0.3, 0.4) is 0 Å². The molecule has 4 aromatic rings. The molecule has 0 atom stereocenters. The van der Waals surface area contributed by atoms with Crippen molar-refractivity contribution in [1.82, 2.24) is 34.5 Å². The van der Waals surface area contributed by atoms with Crippen LogP contribution < -0.4 is 15.8 Å². The Morgan fingerprint density at radius 2 is 1.85 bits per heavy atom. The van der Waals surface area contributed by atoms with E-state index in [9.17, 15) is 0 Å². The highest BCUT2D eigenvalue weighted by atomic mass is 32.1. The maximum atomic E-state index is 6.42. The van der Waals surface area contributed by atoms with Crippen molar-refractivity contribution in [3.63, 3.8) is 0 Å². The molecule has 206 valence electrons. The van der Waals surface area contributed by atoms with Gasteiger partial charge in [0.05, 0.1) is 41.5 Å². The van der Waals surface area contributed by atoms with E-state index in [1.54, 1.807) is 24.8 Å². The lowest BCUT2D eigenvalue weighted by molar-refractivity contribution is 0.0815. The number of hydrogen-bond acceptors (Lipinski definition) is 10. The number of thiazole rings is 1. The third-order valence-electron chi connectivity index (χ3n) is 8.19. The largest absolute Gasteiger partial charge is 0.495 e. The van der Waals surface area contributed by atoms with Gasteiger partial charge in [-0.05, 0) is 51.8 Å². The van der Waals surface area contributed by atoms with E-state index in [2.05, 4.69) is 53.2 Å². The first-order valence-corrected chi connectivity index (χ1v) is 14.6. The normalized spacial score (nSPS) is 20.9. The number of piperazine rings is 1. The number of fused-ring (bicyclic) bond motifs is 1. The number of aromatic nitrogens is 5. The Hall–Kier alpha value is -3.28. The van der Waals surface area contributed by atoms with E-state index in [0.29, 0.717) is 24.4 Å². The average Bonchev–Trinajstić information content (AvgIpc) is 3.56. The fraction of sp³-hybridized carbons (Fsp3) is 0.500. The smallest absolute Gasteiger partial charge is 0.164 e. The van der Waals surface area contributed by atoms with Crippen LogP contribution in [-0.2, 0) is 6.54 Å². The van der Waals surface area contributed by atoms with Crippen LogP contribution in [0.25, 0.3) is 22.3 Å². The topological polar surface area (TPSA) is 110 Å². The van der Waals surface area contributed by atoms with Crippen molar-refractivity contribution in [2.45, 2.75) is 51.2 Å². The number of likely N-dealkylation sites (N-methyl/N-ethyl adjacent to an activating group) is 1. The molecule has 10 nitrogen and oxygen atoms in total. The second-order valence-corrected chi connectivity index (χ2v) is 11.7. The fourth-order valence-electron chi connectivity index (χ4n) is 5.97. The number of nitrogen functional groups attached to an aromatic ring is 1. The highest BCUT2D eigenvalue weighted by Gasteiger charge is 2.30. The minimum absolute atomic E-state index is 0.295. The maximum absolute atomic E-state index is 6.42. The van der Waals surface area contributed by atoms with E-state index in [4.69, 9.17) is 15.6 Å². The molecule has 0 bridgehead atoms. The lowest BCUT2D eigenvalue weighted by Crippen LogP contribution is -2.49. The van der Waals surface area contributed by atoms with Gasteiger partial charge in [0.1, 0.15) is 23.6 Å². The fourth-order valence-corrected chi connectivity index (χ4v) is 6.58. The molecule has 39 heavy (non-hydrogen) atoms. The van der Waals surface area contributed by atoms with Gasteiger partial charge in [-0.1, -0.05) is 6.07 Å². The summed E-state index contributed by atoms with van der Waals surface area (Å²) in [5.74, 6) is 1.19. The Labute approximate surface area is 233 Å². The number of methoxy groups -OCH3 is 1. The Morgan fingerprint density at radius 1 is 1.08 bits per heavy atom. The number of rotatable bonds is 7. The van der Waals surface area contributed by atoms with Crippen LogP contribution in [0.5, 0.6) is 5.75 Å². The van der Waals surface area contributed by atoms with Gasteiger partial charge in [-0.3, -0.25) is 4.90 Å². The van der Waals surface area contributed by atoms with Crippen LogP contribution >= 0.6 is 11.3 Å². The van der Waals surface area contributed by atoms with Crippen molar-refractivity contribution in [1.29, 1.82) is 0 Å². The van der Waals surface area contributed by atoms with Crippen LogP contribution in [0.2, 0.25) is 0 Å². The number of ether oxygens (including phenoxy) is 1. The quantitative estimate of drug-likeness (QED) is 0.352. The lowest BCUT2D eigenvalue weighted by Gasteiger charge is -2.41. The van der Waals surface area contributed by atoms with E-state index >= 15 is 0 Å². The standard InChI is InChI=1S/C28H37N9OS/c1-18-33-20(16-39-18)15-30-23-9-4-19(14-24(23)38-3)26-25-27(29)31-17-32-28(25)37(34-26)22-7-5-21(6-8-22)36-12-10-35(2)11-13-36/h4,9,14,16-17,21-22,30H,5-8,10-13,15H2,1-3H3,(H2,29,31,32). The molecule has 1 saturated heterocycles. The molecule has 0 amide bonds. The summed E-state index contributed by atoms with van der Waals surface area (Å²) in [5, 5.41) is 12.5.